The summed E-state index contributed by atoms with van der Waals surface area (Å²) in [6, 6.07) is 8.27. The molecule has 0 radical (unpaired) electrons. The second kappa shape index (κ2) is 7.25. The number of hydrogen-bond acceptors (Lipinski definition) is 6. The number of carbonyl (C=O) groups is 2. The van der Waals surface area contributed by atoms with Crippen molar-refractivity contribution < 1.29 is 9.59 Å². The van der Waals surface area contributed by atoms with Crippen molar-refractivity contribution in [2.24, 2.45) is 5.92 Å². The molecule has 2 aliphatic carbocycles. The Balaban J connectivity index is 1.20. The molecule has 1 saturated heterocycles. The Morgan fingerprint density at radius 1 is 1.12 bits per heavy atom. The van der Waals surface area contributed by atoms with Gasteiger partial charge in [-0.3, -0.25) is 9.59 Å². The molecule has 34 heavy (non-hydrogen) atoms. The van der Waals surface area contributed by atoms with Crippen molar-refractivity contribution in [2.75, 3.05) is 29.9 Å². The first-order valence-electron chi connectivity index (χ1n) is 12.3. The highest BCUT2D eigenvalue weighted by Gasteiger charge is 2.48. The lowest BCUT2D eigenvalue weighted by atomic mass is 9.73. The van der Waals surface area contributed by atoms with Crippen LogP contribution in [0.2, 0.25) is 0 Å². The number of rotatable bonds is 5. The summed E-state index contributed by atoms with van der Waals surface area (Å²) in [4.78, 5) is 42.1. The molecule has 4 heterocycles. The van der Waals surface area contributed by atoms with Crippen LogP contribution < -0.4 is 15.5 Å². The molecule has 2 aromatic heterocycles. The molecule has 2 saturated carbocycles. The average molecular weight is 458 g/mol. The Labute approximate surface area is 197 Å². The second-order valence-corrected chi connectivity index (χ2v) is 10.1. The zero-order valence-electron chi connectivity index (χ0n) is 19.0. The average Bonchev–Trinajstić information content (AvgIpc) is 3.80. The van der Waals surface area contributed by atoms with Crippen LogP contribution in [0.25, 0.3) is 11.2 Å². The number of piperidine rings is 1. The minimum Gasteiger partial charge on any atom is -0.355 e. The van der Waals surface area contributed by atoms with E-state index in [0.717, 1.165) is 35.6 Å². The van der Waals surface area contributed by atoms with Crippen molar-refractivity contribution in [3.05, 3.63) is 42.0 Å². The highest BCUT2D eigenvalue weighted by Crippen LogP contribution is 2.46. The molecule has 2 amide bonds. The van der Waals surface area contributed by atoms with Gasteiger partial charge in [0.05, 0.1) is 5.41 Å². The van der Waals surface area contributed by atoms with Crippen molar-refractivity contribution in [1.82, 2.24) is 24.8 Å². The molecule has 4 aliphatic rings. The molecule has 3 fully saturated rings. The molecule has 2 N–H and O–H groups in total. The second-order valence-electron chi connectivity index (χ2n) is 10.1. The lowest BCUT2D eigenvalue weighted by molar-refractivity contribution is -0.121. The number of fused-ring (bicyclic) bond motifs is 3. The third kappa shape index (κ3) is 3.02. The molecule has 174 valence electrons. The molecule has 0 unspecified atom stereocenters. The summed E-state index contributed by atoms with van der Waals surface area (Å²) in [6.07, 6.45) is 7.44. The smallest absolute Gasteiger partial charge is 0.287 e. The Kier molecular flexibility index (Phi) is 4.25. The van der Waals surface area contributed by atoms with E-state index < -0.39 is 5.41 Å². The van der Waals surface area contributed by atoms with E-state index in [0.29, 0.717) is 49.7 Å². The minimum atomic E-state index is -0.486. The molecular formula is C25H27N7O2. The molecule has 2 aliphatic heterocycles. The van der Waals surface area contributed by atoms with Crippen LogP contribution in [0.4, 0.5) is 11.5 Å². The molecule has 0 bridgehead atoms. The summed E-state index contributed by atoms with van der Waals surface area (Å²) < 4.78 is 2.01. The summed E-state index contributed by atoms with van der Waals surface area (Å²) in [7, 11) is 0. The first-order chi connectivity index (χ1) is 16.6. The predicted octanol–water partition coefficient (Wildman–Crippen LogP) is 2.79. The third-order valence-corrected chi connectivity index (χ3v) is 7.86. The first kappa shape index (κ1) is 19.9. The van der Waals surface area contributed by atoms with E-state index in [2.05, 4.69) is 31.6 Å². The van der Waals surface area contributed by atoms with Gasteiger partial charge in [0.25, 0.3) is 5.91 Å². The SMILES string of the molecule is O=C(NCC1CC1)c1nc2c(N3CCC4(CC3)C(=O)Nc3ccccc34)ncnc2n1C1CC1. The van der Waals surface area contributed by atoms with Crippen molar-refractivity contribution in [3.8, 4) is 0 Å². The van der Waals surface area contributed by atoms with Gasteiger partial charge >= 0.3 is 0 Å². The van der Waals surface area contributed by atoms with Gasteiger partial charge in [-0.25, -0.2) is 15.0 Å². The Morgan fingerprint density at radius 2 is 1.91 bits per heavy atom. The van der Waals surface area contributed by atoms with E-state index in [1.165, 1.54) is 12.8 Å². The lowest BCUT2D eigenvalue weighted by Crippen LogP contribution is -2.46. The summed E-state index contributed by atoms with van der Waals surface area (Å²) in [5, 5.41) is 6.13. The zero-order valence-corrected chi connectivity index (χ0v) is 19.0. The van der Waals surface area contributed by atoms with Crippen molar-refractivity contribution in [2.45, 2.75) is 50.0 Å². The molecule has 9 heteroatoms. The van der Waals surface area contributed by atoms with Crippen molar-refractivity contribution in [3.63, 3.8) is 0 Å². The number of benzene rings is 1. The van der Waals surface area contributed by atoms with Crippen LogP contribution >= 0.6 is 0 Å². The predicted molar refractivity (Wildman–Crippen MR) is 127 cm³/mol. The van der Waals surface area contributed by atoms with E-state index in [1.807, 2.05) is 22.8 Å². The van der Waals surface area contributed by atoms with E-state index in [-0.39, 0.29) is 17.9 Å². The maximum absolute atomic E-state index is 13.0. The van der Waals surface area contributed by atoms with Crippen LogP contribution in [0.5, 0.6) is 0 Å². The Morgan fingerprint density at radius 3 is 2.68 bits per heavy atom. The topological polar surface area (TPSA) is 105 Å². The summed E-state index contributed by atoms with van der Waals surface area (Å²) in [5.41, 5.74) is 2.95. The Bertz CT molecular complexity index is 1320. The van der Waals surface area contributed by atoms with Crippen LogP contribution in [0.1, 0.15) is 60.7 Å². The van der Waals surface area contributed by atoms with Gasteiger partial charge in [-0.15, -0.1) is 0 Å². The fraction of sp³-hybridized carbons (Fsp3) is 0.480. The third-order valence-electron chi connectivity index (χ3n) is 7.86. The molecule has 3 aromatic rings. The maximum atomic E-state index is 13.0. The number of anilines is 2. The zero-order chi connectivity index (χ0) is 22.9. The quantitative estimate of drug-likeness (QED) is 0.611. The number of amides is 2. The molecule has 7 rings (SSSR count). The summed E-state index contributed by atoms with van der Waals surface area (Å²) >= 11 is 0. The number of nitrogens with zero attached hydrogens (tertiary/aromatic N) is 5. The van der Waals surface area contributed by atoms with Gasteiger partial charge in [0.15, 0.2) is 17.0 Å². The number of carbonyl (C=O) groups excluding carboxylic acids is 2. The van der Waals surface area contributed by atoms with Gasteiger partial charge in [-0.1, -0.05) is 18.2 Å². The monoisotopic (exact) mass is 457 g/mol. The van der Waals surface area contributed by atoms with Crippen molar-refractivity contribution in [1.29, 1.82) is 0 Å². The minimum absolute atomic E-state index is 0.0915. The van der Waals surface area contributed by atoms with Crippen LogP contribution in [0.3, 0.4) is 0 Å². The van der Waals surface area contributed by atoms with Crippen LogP contribution in [0.15, 0.2) is 30.6 Å². The Hall–Kier alpha value is -3.49. The van der Waals surface area contributed by atoms with Crippen molar-refractivity contribution >= 4 is 34.5 Å². The molecule has 1 spiro atoms. The van der Waals surface area contributed by atoms with E-state index >= 15 is 0 Å². The van der Waals surface area contributed by atoms with Crippen LogP contribution in [0, 0.1) is 5.92 Å². The van der Waals surface area contributed by atoms with E-state index in [1.54, 1.807) is 6.33 Å². The summed E-state index contributed by atoms with van der Waals surface area (Å²) in [5.74, 6) is 1.77. The summed E-state index contributed by atoms with van der Waals surface area (Å²) in [6.45, 7) is 2.09. The van der Waals surface area contributed by atoms with Gasteiger partial charge in [0, 0.05) is 31.4 Å². The highest BCUT2D eigenvalue weighted by atomic mass is 16.2. The number of aromatic nitrogens is 4. The van der Waals surface area contributed by atoms with E-state index in [9.17, 15) is 9.59 Å². The van der Waals surface area contributed by atoms with Crippen LogP contribution in [-0.2, 0) is 10.2 Å². The lowest BCUT2D eigenvalue weighted by Gasteiger charge is -2.38. The fourth-order valence-corrected chi connectivity index (χ4v) is 5.58. The van der Waals surface area contributed by atoms with Gasteiger partial charge in [-0.2, -0.15) is 0 Å². The maximum Gasteiger partial charge on any atom is 0.287 e. The van der Waals surface area contributed by atoms with Gasteiger partial charge in [-0.05, 0) is 56.1 Å². The molecular weight excluding hydrogens is 430 g/mol. The largest absolute Gasteiger partial charge is 0.355 e. The van der Waals surface area contributed by atoms with Gasteiger partial charge < -0.3 is 20.1 Å². The standard InChI is InChI=1S/C25H27N7O2/c33-23(26-13-15-5-6-15)22-30-19-20(27-14-28-21(19)32(22)16-7-8-16)31-11-9-25(10-12-31)17-3-1-2-4-18(17)29-24(25)34/h1-4,14-16H,5-13H2,(H,26,33)(H,29,34). The van der Waals surface area contributed by atoms with E-state index in [4.69, 9.17) is 4.98 Å². The first-order valence-corrected chi connectivity index (χ1v) is 12.3. The normalized spacial score (nSPS) is 21.1. The van der Waals surface area contributed by atoms with Gasteiger partial charge in [0.1, 0.15) is 6.33 Å². The highest BCUT2D eigenvalue weighted by molar-refractivity contribution is 6.06. The molecule has 9 nitrogen and oxygen atoms in total. The molecule has 0 atom stereocenters. The van der Waals surface area contributed by atoms with Gasteiger partial charge in [0.2, 0.25) is 11.7 Å². The number of para-hydroxylation sites is 1. The molecule has 1 aromatic carbocycles. The fourth-order valence-electron chi connectivity index (χ4n) is 5.58. The number of imidazole rings is 1. The number of nitrogens with one attached hydrogen (secondary N) is 2. The number of hydrogen-bond donors (Lipinski definition) is 2. The van der Waals surface area contributed by atoms with Crippen LogP contribution in [-0.4, -0.2) is 51.0 Å².